The summed E-state index contributed by atoms with van der Waals surface area (Å²) >= 11 is 1.50. The van der Waals surface area contributed by atoms with Crippen LogP contribution in [0.1, 0.15) is 17.0 Å². The highest BCUT2D eigenvalue weighted by atomic mass is 32.1. The molecule has 2 N–H and O–H groups in total. The fourth-order valence-electron chi connectivity index (χ4n) is 1.69. The number of thiazole rings is 1. The zero-order chi connectivity index (χ0) is 13.7. The number of carboxylic acid groups (broad SMARTS) is 1. The Bertz CT molecular complexity index is 536. The number of hydrogen-bond donors (Lipinski definition) is 2. The molecule has 0 spiro atoms. The molecule has 0 amide bonds. The van der Waals surface area contributed by atoms with E-state index in [0.29, 0.717) is 5.69 Å². The van der Waals surface area contributed by atoms with Gasteiger partial charge in [0.2, 0.25) is 0 Å². The van der Waals surface area contributed by atoms with Crippen LogP contribution in [0.5, 0.6) is 0 Å². The summed E-state index contributed by atoms with van der Waals surface area (Å²) in [6.45, 7) is 3.60. The van der Waals surface area contributed by atoms with Gasteiger partial charge in [-0.25, -0.2) is 9.97 Å². The molecule has 2 rings (SSSR count). The third-order valence-electron chi connectivity index (χ3n) is 2.64. The molecule has 0 saturated heterocycles. The Morgan fingerprint density at radius 1 is 1.58 bits per heavy atom. The van der Waals surface area contributed by atoms with E-state index in [0.717, 1.165) is 29.5 Å². The predicted octanol–water partition coefficient (Wildman–Crippen LogP) is 1.78. The van der Waals surface area contributed by atoms with Gasteiger partial charge in [0, 0.05) is 30.4 Å². The number of rotatable bonds is 7. The van der Waals surface area contributed by atoms with Gasteiger partial charge in [0.15, 0.2) is 5.13 Å². The van der Waals surface area contributed by atoms with Crippen molar-refractivity contribution in [1.82, 2.24) is 14.5 Å². The zero-order valence-corrected chi connectivity index (χ0v) is 11.5. The van der Waals surface area contributed by atoms with E-state index < -0.39 is 5.97 Å². The molecule has 0 saturated carbocycles. The highest BCUT2D eigenvalue weighted by Gasteiger charge is 2.10. The average Bonchev–Trinajstić information content (AvgIpc) is 2.95. The van der Waals surface area contributed by atoms with Crippen LogP contribution in [0.25, 0.3) is 0 Å². The van der Waals surface area contributed by atoms with Crippen LogP contribution < -0.4 is 5.32 Å². The molecule has 0 unspecified atom stereocenters. The summed E-state index contributed by atoms with van der Waals surface area (Å²) in [6.07, 6.45) is 6.43. The first kappa shape index (κ1) is 13.5. The number of aryl methyl sites for hydroxylation is 2. The zero-order valence-electron chi connectivity index (χ0n) is 10.7. The minimum atomic E-state index is -0.847. The molecule has 0 radical (unpaired) electrons. The van der Waals surface area contributed by atoms with Gasteiger partial charge in [-0.05, 0) is 13.3 Å². The van der Waals surface area contributed by atoms with E-state index in [1.54, 1.807) is 12.5 Å². The van der Waals surface area contributed by atoms with Gasteiger partial charge in [0.05, 0.1) is 18.4 Å². The maximum atomic E-state index is 10.7. The number of aliphatic carboxylic acids is 1. The fraction of sp³-hybridized carbons (Fsp3) is 0.417. The molecule has 0 aliphatic carbocycles. The Hall–Kier alpha value is -1.89. The van der Waals surface area contributed by atoms with Crippen molar-refractivity contribution in [2.75, 3.05) is 11.9 Å². The summed E-state index contributed by atoms with van der Waals surface area (Å²) in [5, 5.41) is 12.8. The number of nitrogens with zero attached hydrogens (tertiary/aromatic N) is 3. The van der Waals surface area contributed by atoms with Crippen molar-refractivity contribution in [3.05, 3.63) is 29.3 Å². The lowest BCUT2D eigenvalue weighted by Crippen LogP contribution is -2.06. The quantitative estimate of drug-likeness (QED) is 0.756. The number of hydrogen-bond acceptors (Lipinski definition) is 5. The maximum absolute atomic E-state index is 10.7. The minimum absolute atomic E-state index is 0.0148. The Balaban J connectivity index is 1.78. The van der Waals surface area contributed by atoms with E-state index in [9.17, 15) is 4.79 Å². The van der Waals surface area contributed by atoms with Gasteiger partial charge in [0.25, 0.3) is 0 Å². The topological polar surface area (TPSA) is 80.0 Å². The molecule has 19 heavy (non-hydrogen) atoms. The van der Waals surface area contributed by atoms with E-state index in [4.69, 9.17) is 5.11 Å². The molecule has 0 atom stereocenters. The first-order valence-corrected chi connectivity index (χ1v) is 6.84. The molecule has 7 heteroatoms. The van der Waals surface area contributed by atoms with Crippen LogP contribution in [0.15, 0.2) is 18.7 Å². The molecule has 0 aliphatic rings. The van der Waals surface area contributed by atoms with Gasteiger partial charge in [-0.15, -0.1) is 11.3 Å². The Labute approximate surface area is 115 Å². The summed E-state index contributed by atoms with van der Waals surface area (Å²) in [7, 11) is 0. The predicted molar refractivity (Wildman–Crippen MR) is 73.5 cm³/mol. The molecule has 6 nitrogen and oxygen atoms in total. The molecule has 2 aromatic rings. The first-order valence-electron chi connectivity index (χ1n) is 6.03. The van der Waals surface area contributed by atoms with Crippen LogP contribution in [0.2, 0.25) is 0 Å². The Kier molecular flexibility index (Phi) is 4.51. The molecule has 0 fully saturated rings. The monoisotopic (exact) mass is 280 g/mol. The molecule has 102 valence electrons. The van der Waals surface area contributed by atoms with Gasteiger partial charge >= 0.3 is 5.97 Å². The Morgan fingerprint density at radius 2 is 2.42 bits per heavy atom. The number of nitrogens with one attached hydrogen (secondary N) is 1. The molecule has 2 aromatic heterocycles. The van der Waals surface area contributed by atoms with Gasteiger partial charge < -0.3 is 15.0 Å². The van der Waals surface area contributed by atoms with Crippen molar-refractivity contribution < 1.29 is 9.90 Å². The summed E-state index contributed by atoms with van der Waals surface area (Å²) in [5.74, 6) is -0.847. The van der Waals surface area contributed by atoms with E-state index in [2.05, 4.69) is 15.3 Å². The largest absolute Gasteiger partial charge is 0.481 e. The van der Waals surface area contributed by atoms with Crippen molar-refractivity contribution >= 4 is 22.4 Å². The lowest BCUT2D eigenvalue weighted by atomic mass is 10.3. The van der Waals surface area contributed by atoms with Crippen molar-refractivity contribution in [2.24, 2.45) is 0 Å². The molecule has 0 aliphatic heterocycles. The molecule has 0 aromatic carbocycles. The standard InChI is InChI=1S/C12H16N4O2S/c1-9-10(7-11(17)18)15-12(19-9)14-3-2-5-16-6-4-13-8-16/h4,6,8H,2-3,5,7H2,1H3,(H,14,15)(H,17,18). The van der Waals surface area contributed by atoms with Gasteiger partial charge in [-0.3, -0.25) is 4.79 Å². The van der Waals surface area contributed by atoms with Crippen molar-refractivity contribution in [2.45, 2.75) is 26.3 Å². The number of aromatic nitrogens is 3. The van der Waals surface area contributed by atoms with Gasteiger partial charge in [-0.2, -0.15) is 0 Å². The molecule has 0 bridgehead atoms. The Morgan fingerprint density at radius 3 is 3.11 bits per heavy atom. The van der Waals surface area contributed by atoms with Gasteiger partial charge in [0.1, 0.15) is 0 Å². The average molecular weight is 280 g/mol. The minimum Gasteiger partial charge on any atom is -0.481 e. The second kappa shape index (κ2) is 6.33. The van der Waals surface area contributed by atoms with Crippen molar-refractivity contribution in [1.29, 1.82) is 0 Å². The molecule has 2 heterocycles. The summed E-state index contributed by atoms with van der Waals surface area (Å²) in [4.78, 5) is 19.9. The lowest BCUT2D eigenvalue weighted by molar-refractivity contribution is -0.136. The summed E-state index contributed by atoms with van der Waals surface area (Å²) in [5.41, 5.74) is 0.648. The second-order valence-electron chi connectivity index (χ2n) is 4.17. The van der Waals surface area contributed by atoms with Gasteiger partial charge in [-0.1, -0.05) is 0 Å². The fourth-order valence-corrected chi connectivity index (χ4v) is 2.54. The second-order valence-corrected chi connectivity index (χ2v) is 5.38. The van der Waals surface area contributed by atoms with Crippen LogP contribution in [-0.2, 0) is 17.8 Å². The van der Waals surface area contributed by atoms with Crippen molar-refractivity contribution in [3.8, 4) is 0 Å². The highest BCUT2D eigenvalue weighted by Crippen LogP contribution is 2.22. The SMILES string of the molecule is Cc1sc(NCCCn2ccnc2)nc1CC(=O)O. The van der Waals surface area contributed by atoms with Crippen LogP contribution in [0, 0.1) is 6.92 Å². The number of anilines is 1. The van der Waals surface area contributed by atoms with Crippen LogP contribution in [-0.4, -0.2) is 32.2 Å². The first-order chi connectivity index (χ1) is 9.15. The number of imidazole rings is 1. The maximum Gasteiger partial charge on any atom is 0.309 e. The normalized spacial score (nSPS) is 10.6. The number of carbonyl (C=O) groups is 1. The van der Waals surface area contributed by atoms with E-state index in [-0.39, 0.29) is 6.42 Å². The van der Waals surface area contributed by atoms with Crippen LogP contribution in [0.3, 0.4) is 0 Å². The third-order valence-corrected chi connectivity index (χ3v) is 3.61. The van der Waals surface area contributed by atoms with E-state index in [1.807, 2.05) is 17.7 Å². The molecular weight excluding hydrogens is 264 g/mol. The van der Waals surface area contributed by atoms with Crippen LogP contribution in [0.4, 0.5) is 5.13 Å². The summed E-state index contributed by atoms with van der Waals surface area (Å²) in [6, 6.07) is 0. The highest BCUT2D eigenvalue weighted by molar-refractivity contribution is 7.15. The van der Waals surface area contributed by atoms with E-state index in [1.165, 1.54) is 11.3 Å². The lowest BCUT2D eigenvalue weighted by Gasteiger charge is -2.03. The number of carboxylic acids is 1. The molecular formula is C12H16N4O2S. The van der Waals surface area contributed by atoms with Crippen LogP contribution >= 0.6 is 11.3 Å². The third kappa shape index (κ3) is 4.06. The van der Waals surface area contributed by atoms with E-state index >= 15 is 0 Å². The smallest absolute Gasteiger partial charge is 0.309 e. The van der Waals surface area contributed by atoms with Crippen molar-refractivity contribution in [3.63, 3.8) is 0 Å². The summed E-state index contributed by atoms with van der Waals surface area (Å²) < 4.78 is 2.02.